The Labute approximate surface area is 119 Å². The number of benzene rings is 1. The Bertz CT molecular complexity index is 576. The minimum Gasteiger partial charge on any atom is -0.305 e. The molecule has 0 aliphatic heterocycles. The number of alkyl halides is 3. The van der Waals surface area contributed by atoms with Crippen molar-refractivity contribution in [3.8, 4) is 0 Å². The van der Waals surface area contributed by atoms with Gasteiger partial charge in [0.1, 0.15) is 5.82 Å². The Morgan fingerprint density at radius 2 is 1.76 bits per heavy atom. The van der Waals surface area contributed by atoms with Crippen molar-refractivity contribution >= 4 is 0 Å². The second kappa shape index (κ2) is 6.22. The molecule has 0 bridgehead atoms. The highest BCUT2D eigenvalue weighted by molar-refractivity contribution is 5.20. The fourth-order valence-electron chi connectivity index (χ4n) is 1.82. The summed E-state index contributed by atoms with van der Waals surface area (Å²) in [7, 11) is 0. The van der Waals surface area contributed by atoms with E-state index in [2.05, 4.69) is 10.3 Å². The summed E-state index contributed by atoms with van der Waals surface area (Å²) in [6.07, 6.45) is -3.56. The molecule has 1 N–H and O–H groups in total. The molecular weight excluding hydrogens is 284 g/mol. The van der Waals surface area contributed by atoms with E-state index in [-0.39, 0.29) is 11.9 Å². The molecule has 2 rings (SSSR count). The van der Waals surface area contributed by atoms with Gasteiger partial charge in [0, 0.05) is 18.8 Å². The minimum absolute atomic E-state index is 0.0605. The van der Waals surface area contributed by atoms with E-state index in [0.29, 0.717) is 12.2 Å². The molecule has 0 aliphatic carbocycles. The Morgan fingerprint density at radius 3 is 2.29 bits per heavy atom. The van der Waals surface area contributed by atoms with Crippen LogP contribution in [0, 0.1) is 5.82 Å². The van der Waals surface area contributed by atoms with E-state index in [0.717, 1.165) is 17.8 Å². The van der Waals surface area contributed by atoms with Gasteiger partial charge >= 0.3 is 6.18 Å². The fourth-order valence-corrected chi connectivity index (χ4v) is 1.82. The lowest BCUT2D eigenvalue weighted by Gasteiger charge is -2.14. The largest absolute Gasteiger partial charge is 0.417 e. The van der Waals surface area contributed by atoms with Crippen LogP contribution in [0.4, 0.5) is 17.6 Å². The van der Waals surface area contributed by atoms with Crippen molar-refractivity contribution in [3.05, 3.63) is 65.2 Å². The molecule has 0 saturated heterocycles. The average Bonchev–Trinajstić information content (AvgIpc) is 2.45. The van der Waals surface area contributed by atoms with Gasteiger partial charge in [0.2, 0.25) is 0 Å². The average molecular weight is 298 g/mol. The van der Waals surface area contributed by atoms with Crippen LogP contribution in [0.2, 0.25) is 0 Å². The van der Waals surface area contributed by atoms with Crippen molar-refractivity contribution in [3.63, 3.8) is 0 Å². The van der Waals surface area contributed by atoms with Gasteiger partial charge in [-0.25, -0.2) is 4.39 Å². The molecule has 0 fully saturated rings. The molecule has 0 spiro atoms. The molecule has 1 aromatic carbocycles. The summed E-state index contributed by atoms with van der Waals surface area (Å²) in [5, 5.41) is 3.13. The van der Waals surface area contributed by atoms with Crippen LogP contribution >= 0.6 is 0 Å². The summed E-state index contributed by atoms with van der Waals surface area (Å²) in [4.78, 5) is 3.78. The maximum atomic E-state index is 12.8. The van der Waals surface area contributed by atoms with Crippen LogP contribution in [-0.4, -0.2) is 4.98 Å². The number of rotatable bonds is 4. The van der Waals surface area contributed by atoms with Gasteiger partial charge in [0.25, 0.3) is 0 Å². The zero-order valence-electron chi connectivity index (χ0n) is 11.3. The number of aromatic nitrogens is 1. The van der Waals surface area contributed by atoms with Gasteiger partial charge in [-0.3, -0.25) is 4.98 Å². The van der Waals surface area contributed by atoms with E-state index in [1.54, 1.807) is 12.1 Å². The van der Waals surface area contributed by atoms with E-state index in [4.69, 9.17) is 0 Å². The molecule has 0 radical (unpaired) electrons. The molecule has 21 heavy (non-hydrogen) atoms. The van der Waals surface area contributed by atoms with E-state index >= 15 is 0 Å². The van der Waals surface area contributed by atoms with Crippen molar-refractivity contribution < 1.29 is 17.6 Å². The van der Waals surface area contributed by atoms with E-state index in [1.165, 1.54) is 18.2 Å². The van der Waals surface area contributed by atoms with E-state index in [1.807, 2.05) is 6.92 Å². The highest BCUT2D eigenvalue weighted by Crippen LogP contribution is 2.28. The zero-order valence-corrected chi connectivity index (χ0v) is 11.3. The van der Waals surface area contributed by atoms with Crippen LogP contribution in [0.1, 0.15) is 29.8 Å². The summed E-state index contributed by atoms with van der Waals surface area (Å²) in [6, 6.07) is 8.34. The summed E-state index contributed by atoms with van der Waals surface area (Å²) >= 11 is 0. The fraction of sp³-hybridized carbons (Fsp3) is 0.267. The third-order valence-electron chi connectivity index (χ3n) is 3.11. The molecule has 6 heteroatoms. The quantitative estimate of drug-likeness (QED) is 0.860. The number of nitrogens with one attached hydrogen (secondary N) is 1. The first-order valence-corrected chi connectivity index (χ1v) is 6.37. The molecule has 2 aromatic rings. The Morgan fingerprint density at radius 1 is 1.10 bits per heavy atom. The monoisotopic (exact) mass is 298 g/mol. The van der Waals surface area contributed by atoms with Crippen molar-refractivity contribution in [1.29, 1.82) is 0 Å². The van der Waals surface area contributed by atoms with Crippen molar-refractivity contribution in [1.82, 2.24) is 10.3 Å². The number of pyridine rings is 1. The normalized spacial score (nSPS) is 13.2. The highest BCUT2D eigenvalue weighted by Gasteiger charge is 2.30. The van der Waals surface area contributed by atoms with Crippen molar-refractivity contribution in [2.24, 2.45) is 0 Å². The van der Waals surface area contributed by atoms with Gasteiger partial charge in [0.15, 0.2) is 0 Å². The molecule has 1 heterocycles. The van der Waals surface area contributed by atoms with Gasteiger partial charge in [-0.15, -0.1) is 0 Å². The van der Waals surface area contributed by atoms with Gasteiger partial charge in [0.05, 0.1) is 11.3 Å². The third-order valence-corrected chi connectivity index (χ3v) is 3.11. The maximum Gasteiger partial charge on any atom is 0.417 e. The Kier molecular flexibility index (Phi) is 4.57. The summed E-state index contributed by atoms with van der Waals surface area (Å²) in [5.41, 5.74) is 0.637. The number of nitrogens with zero attached hydrogens (tertiary/aromatic N) is 1. The molecule has 0 saturated carbocycles. The van der Waals surface area contributed by atoms with Crippen LogP contribution in [-0.2, 0) is 12.7 Å². The summed E-state index contributed by atoms with van der Waals surface area (Å²) in [6.45, 7) is 2.22. The molecule has 1 aromatic heterocycles. The van der Waals surface area contributed by atoms with Gasteiger partial charge in [-0.2, -0.15) is 13.2 Å². The molecule has 112 valence electrons. The van der Waals surface area contributed by atoms with Crippen LogP contribution in [0.15, 0.2) is 42.6 Å². The van der Waals surface area contributed by atoms with Crippen LogP contribution in [0.3, 0.4) is 0 Å². The minimum atomic E-state index is -4.37. The predicted octanol–water partition coefficient (Wildman–Crippen LogP) is 4.09. The molecule has 1 atom stereocenters. The molecule has 0 aliphatic rings. The molecule has 0 amide bonds. The van der Waals surface area contributed by atoms with Gasteiger partial charge < -0.3 is 5.32 Å². The van der Waals surface area contributed by atoms with Gasteiger partial charge in [-0.1, -0.05) is 12.1 Å². The third kappa shape index (κ3) is 4.26. The first-order chi connectivity index (χ1) is 9.86. The topological polar surface area (TPSA) is 24.9 Å². The van der Waals surface area contributed by atoms with E-state index < -0.39 is 11.7 Å². The highest BCUT2D eigenvalue weighted by atomic mass is 19.4. The van der Waals surface area contributed by atoms with Crippen molar-refractivity contribution in [2.45, 2.75) is 25.7 Å². The standard InChI is InChI=1S/C15H14F4N2/c1-10(11-2-5-13(16)6-3-11)20-9-14-7-4-12(8-21-14)15(17,18)19/h2-8,10,20H,9H2,1H3. The lowest BCUT2D eigenvalue weighted by atomic mass is 10.1. The lowest BCUT2D eigenvalue weighted by molar-refractivity contribution is -0.137. The number of halogens is 4. The smallest absolute Gasteiger partial charge is 0.305 e. The van der Waals surface area contributed by atoms with Crippen LogP contribution in [0.25, 0.3) is 0 Å². The first-order valence-electron chi connectivity index (χ1n) is 6.37. The maximum absolute atomic E-state index is 12.8. The Hall–Kier alpha value is -1.95. The Balaban J connectivity index is 1.95. The SMILES string of the molecule is CC(NCc1ccc(C(F)(F)F)cn1)c1ccc(F)cc1. The predicted molar refractivity (Wildman–Crippen MR) is 70.9 cm³/mol. The molecular formula is C15H14F4N2. The van der Waals surface area contributed by atoms with Crippen LogP contribution < -0.4 is 5.32 Å². The summed E-state index contributed by atoms with van der Waals surface area (Å²) in [5.74, 6) is -0.310. The second-order valence-electron chi connectivity index (χ2n) is 4.69. The van der Waals surface area contributed by atoms with E-state index in [9.17, 15) is 17.6 Å². The van der Waals surface area contributed by atoms with Gasteiger partial charge in [-0.05, 0) is 36.8 Å². The van der Waals surface area contributed by atoms with Crippen molar-refractivity contribution in [2.75, 3.05) is 0 Å². The second-order valence-corrected chi connectivity index (χ2v) is 4.69. The number of hydrogen-bond donors (Lipinski definition) is 1. The lowest BCUT2D eigenvalue weighted by Crippen LogP contribution is -2.19. The first kappa shape index (κ1) is 15.4. The number of hydrogen-bond acceptors (Lipinski definition) is 2. The molecule has 1 unspecified atom stereocenters. The van der Waals surface area contributed by atoms with Crippen LogP contribution in [0.5, 0.6) is 0 Å². The molecule has 2 nitrogen and oxygen atoms in total. The zero-order chi connectivity index (χ0) is 15.5. The summed E-state index contributed by atoms with van der Waals surface area (Å²) < 4.78 is 50.0.